The van der Waals surface area contributed by atoms with Crippen molar-refractivity contribution in [1.29, 1.82) is 0 Å². The topological polar surface area (TPSA) is 41.1 Å². The minimum Gasteiger partial charge on any atom is -0.308 e. The summed E-state index contributed by atoms with van der Waals surface area (Å²) < 4.78 is 0. The number of hydrogen-bond acceptors (Lipinski definition) is 3. The quantitative estimate of drug-likeness (QED) is 0.645. The molecule has 3 heteroatoms. The van der Waals surface area contributed by atoms with E-state index in [1.165, 1.54) is 0 Å². The molecule has 0 aromatic heterocycles. The van der Waals surface area contributed by atoms with Crippen LogP contribution in [-0.2, 0) is 4.79 Å². The van der Waals surface area contributed by atoms with Gasteiger partial charge in [0.05, 0.1) is 6.04 Å². The van der Waals surface area contributed by atoms with Gasteiger partial charge in [-0.05, 0) is 20.4 Å². The lowest BCUT2D eigenvalue weighted by molar-refractivity contribution is -0.124. The molecular weight excluding hydrogens is 176 g/mol. The van der Waals surface area contributed by atoms with E-state index in [9.17, 15) is 4.79 Å². The Morgan fingerprint density at radius 3 is 2.14 bits per heavy atom. The minimum atomic E-state index is -0.0348. The third kappa shape index (κ3) is 7.04. The zero-order chi connectivity index (χ0) is 11.6. The summed E-state index contributed by atoms with van der Waals surface area (Å²) in [5.74, 6) is 0.470. The smallest absolute Gasteiger partial charge is 0.152 e. The van der Waals surface area contributed by atoms with Crippen LogP contribution in [-0.4, -0.2) is 25.5 Å². The molecule has 2 N–H and O–H groups in total. The Labute approximate surface area is 88.7 Å². The van der Waals surface area contributed by atoms with Crippen LogP contribution in [0.25, 0.3) is 0 Å². The molecule has 0 heterocycles. The molecule has 3 nitrogen and oxygen atoms in total. The lowest BCUT2D eigenvalue weighted by Gasteiger charge is -2.15. The van der Waals surface area contributed by atoms with Gasteiger partial charge in [0.25, 0.3) is 0 Å². The van der Waals surface area contributed by atoms with Gasteiger partial charge in [-0.15, -0.1) is 0 Å². The van der Waals surface area contributed by atoms with Crippen LogP contribution in [0, 0.1) is 5.92 Å². The fourth-order valence-electron chi connectivity index (χ4n) is 0.984. The zero-order valence-electron chi connectivity index (χ0n) is 10.5. The zero-order valence-corrected chi connectivity index (χ0v) is 10.5. The van der Waals surface area contributed by atoms with E-state index in [0.717, 1.165) is 6.42 Å². The van der Waals surface area contributed by atoms with E-state index in [4.69, 9.17) is 0 Å². The van der Waals surface area contributed by atoms with Gasteiger partial charge in [0.15, 0.2) is 5.78 Å². The molecule has 0 saturated heterocycles. The van der Waals surface area contributed by atoms with Gasteiger partial charge in [0, 0.05) is 12.6 Å². The van der Waals surface area contributed by atoms with Gasteiger partial charge in [0.1, 0.15) is 0 Å². The van der Waals surface area contributed by atoms with Gasteiger partial charge < -0.3 is 5.32 Å². The standard InChI is InChI=1S/C9H20N2O.C2H6/c1-5-7(2)9(12)8(3)11-6-10-4;1-2/h7-8,10-11H,5-6H2,1-4H3;1-2H3/t7?,8-;/m1./s1. The van der Waals surface area contributed by atoms with Crippen molar-refractivity contribution >= 4 is 5.78 Å². The summed E-state index contributed by atoms with van der Waals surface area (Å²) in [7, 11) is 1.85. The summed E-state index contributed by atoms with van der Waals surface area (Å²) in [5, 5.41) is 6.03. The maximum Gasteiger partial charge on any atom is 0.152 e. The van der Waals surface area contributed by atoms with E-state index in [2.05, 4.69) is 10.6 Å². The van der Waals surface area contributed by atoms with Crippen molar-refractivity contribution in [3.05, 3.63) is 0 Å². The molecule has 0 amide bonds. The van der Waals surface area contributed by atoms with Gasteiger partial charge in [-0.1, -0.05) is 27.7 Å². The summed E-state index contributed by atoms with van der Waals surface area (Å²) in [5.41, 5.74) is 0. The third-order valence-corrected chi connectivity index (χ3v) is 2.11. The normalized spacial score (nSPS) is 13.9. The van der Waals surface area contributed by atoms with Crippen LogP contribution in [0.15, 0.2) is 0 Å². The van der Waals surface area contributed by atoms with Crippen LogP contribution in [0.1, 0.15) is 41.0 Å². The summed E-state index contributed by atoms with van der Waals surface area (Å²) in [6, 6.07) is -0.0348. The highest BCUT2D eigenvalue weighted by Gasteiger charge is 2.16. The predicted octanol–water partition coefficient (Wildman–Crippen LogP) is 1.78. The second-order valence-corrected chi connectivity index (χ2v) is 3.17. The van der Waals surface area contributed by atoms with Crippen molar-refractivity contribution in [2.75, 3.05) is 13.7 Å². The van der Waals surface area contributed by atoms with Gasteiger partial charge in [-0.25, -0.2) is 0 Å². The second kappa shape index (κ2) is 10.7. The van der Waals surface area contributed by atoms with E-state index >= 15 is 0 Å². The first-order chi connectivity index (χ1) is 6.63. The Kier molecular flexibility index (Phi) is 12.2. The predicted molar refractivity (Wildman–Crippen MR) is 62.3 cm³/mol. The van der Waals surface area contributed by atoms with Crippen LogP contribution in [0.3, 0.4) is 0 Å². The lowest BCUT2D eigenvalue weighted by atomic mass is 9.99. The molecule has 2 atom stereocenters. The van der Waals surface area contributed by atoms with Crippen LogP contribution >= 0.6 is 0 Å². The van der Waals surface area contributed by atoms with E-state index in [0.29, 0.717) is 12.5 Å². The number of ketones is 1. The molecule has 0 aliphatic rings. The first-order valence-corrected chi connectivity index (χ1v) is 5.55. The first kappa shape index (κ1) is 16.0. The molecule has 0 spiro atoms. The summed E-state index contributed by atoms with van der Waals surface area (Å²) in [4.78, 5) is 11.5. The highest BCUT2D eigenvalue weighted by molar-refractivity contribution is 5.85. The minimum absolute atomic E-state index is 0.0348. The summed E-state index contributed by atoms with van der Waals surface area (Å²) >= 11 is 0. The molecule has 0 bridgehead atoms. The highest BCUT2D eigenvalue weighted by atomic mass is 16.1. The molecule has 0 radical (unpaired) electrons. The van der Waals surface area contributed by atoms with Crippen molar-refractivity contribution in [2.24, 2.45) is 5.92 Å². The molecule has 1 unspecified atom stereocenters. The Balaban J connectivity index is 0. The average Bonchev–Trinajstić information content (AvgIpc) is 2.26. The van der Waals surface area contributed by atoms with Crippen molar-refractivity contribution in [2.45, 2.75) is 47.1 Å². The average molecular weight is 202 g/mol. The number of hydrogen-bond donors (Lipinski definition) is 2. The molecule has 0 saturated carbocycles. The molecule has 0 aromatic rings. The second-order valence-electron chi connectivity index (χ2n) is 3.17. The number of nitrogens with one attached hydrogen (secondary N) is 2. The highest BCUT2D eigenvalue weighted by Crippen LogP contribution is 2.04. The molecule has 14 heavy (non-hydrogen) atoms. The molecular formula is C11H26N2O. The number of Topliss-reactive ketones (excluding diaryl/α,β-unsaturated/α-hetero) is 1. The van der Waals surface area contributed by atoms with Crippen LogP contribution < -0.4 is 10.6 Å². The Morgan fingerprint density at radius 2 is 1.79 bits per heavy atom. The van der Waals surface area contributed by atoms with E-state index in [1.807, 2.05) is 41.7 Å². The SMILES string of the molecule is CC.CCC(C)C(=O)[C@@H](C)NCNC. The van der Waals surface area contributed by atoms with Crippen molar-refractivity contribution < 1.29 is 4.79 Å². The summed E-state index contributed by atoms with van der Waals surface area (Å²) in [6.07, 6.45) is 0.921. The molecule has 86 valence electrons. The maximum absolute atomic E-state index is 11.5. The Morgan fingerprint density at radius 1 is 1.29 bits per heavy atom. The van der Waals surface area contributed by atoms with E-state index in [-0.39, 0.29) is 12.0 Å². The van der Waals surface area contributed by atoms with Crippen molar-refractivity contribution in [3.63, 3.8) is 0 Å². The lowest BCUT2D eigenvalue weighted by Crippen LogP contribution is -2.41. The molecule has 0 aliphatic carbocycles. The van der Waals surface area contributed by atoms with Gasteiger partial charge in [-0.3, -0.25) is 10.1 Å². The first-order valence-electron chi connectivity index (χ1n) is 5.55. The fourth-order valence-corrected chi connectivity index (χ4v) is 0.984. The maximum atomic E-state index is 11.5. The van der Waals surface area contributed by atoms with Crippen LogP contribution in [0.5, 0.6) is 0 Å². The molecule has 0 aromatic carbocycles. The monoisotopic (exact) mass is 202 g/mol. The van der Waals surface area contributed by atoms with Gasteiger partial charge in [-0.2, -0.15) is 0 Å². The van der Waals surface area contributed by atoms with Crippen molar-refractivity contribution in [3.8, 4) is 0 Å². The number of carbonyl (C=O) groups is 1. The fraction of sp³-hybridized carbons (Fsp3) is 0.909. The van der Waals surface area contributed by atoms with Gasteiger partial charge in [0.2, 0.25) is 0 Å². The summed E-state index contributed by atoms with van der Waals surface area (Å²) in [6.45, 7) is 10.6. The Bertz CT molecular complexity index is 137. The number of rotatable bonds is 6. The molecule has 0 aliphatic heterocycles. The van der Waals surface area contributed by atoms with Crippen molar-refractivity contribution in [1.82, 2.24) is 10.6 Å². The largest absolute Gasteiger partial charge is 0.308 e. The van der Waals surface area contributed by atoms with E-state index in [1.54, 1.807) is 0 Å². The molecule has 0 fully saturated rings. The van der Waals surface area contributed by atoms with E-state index < -0.39 is 0 Å². The van der Waals surface area contributed by atoms with Crippen LogP contribution in [0.4, 0.5) is 0 Å². The molecule has 0 rings (SSSR count). The Hall–Kier alpha value is -0.410. The van der Waals surface area contributed by atoms with Crippen LogP contribution in [0.2, 0.25) is 0 Å². The third-order valence-electron chi connectivity index (χ3n) is 2.11. The van der Waals surface area contributed by atoms with Gasteiger partial charge >= 0.3 is 0 Å². The number of carbonyl (C=O) groups excluding carboxylic acids is 1.